The predicted molar refractivity (Wildman–Crippen MR) is 78.8 cm³/mol. The van der Waals surface area contributed by atoms with Crippen LogP contribution < -0.4 is 18.9 Å². The summed E-state index contributed by atoms with van der Waals surface area (Å²) in [7, 11) is -4.08. The van der Waals surface area contributed by atoms with Gasteiger partial charge in [0.1, 0.15) is 0 Å². The molecule has 6 heteroatoms. The fraction of sp³-hybridized carbons (Fsp3) is 0.917. The molecule has 0 aliphatic carbocycles. The Hall–Kier alpha value is 0.724. The van der Waals surface area contributed by atoms with Gasteiger partial charge < -0.3 is 6.92 Å². The Kier molecular flexibility index (Phi) is 15.3. The van der Waals surface area contributed by atoms with Gasteiger partial charge in [-0.2, -0.15) is 14.8 Å². The molecular weight excluding hydrogens is 259 g/mol. The fourth-order valence-corrected chi connectivity index (χ4v) is 1.21. The van der Waals surface area contributed by atoms with Crippen molar-refractivity contribution < 1.29 is 31.8 Å². The zero-order chi connectivity index (χ0) is 14.1. The molecule has 18 heavy (non-hydrogen) atoms. The number of unbranched alkanes of at least 4 members (excludes halogenated alkanes) is 3. The number of hydrogen-bond donors (Lipinski definition) is 1. The summed E-state index contributed by atoms with van der Waals surface area (Å²) in [6.07, 6.45) is 3.11. The minimum absolute atomic E-state index is 0. The normalized spacial score (nSPS) is 11.6. The van der Waals surface area contributed by atoms with E-state index in [0.29, 0.717) is 11.5 Å². The molecule has 0 saturated carbocycles. The van der Waals surface area contributed by atoms with E-state index >= 15 is 0 Å². The maximum absolute atomic E-state index is 10.1. The van der Waals surface area contributed by atoms with Crippen molar-refractivity contribution in [1.29, 1.82) is 0 Å². The van der Waals surface area contributed by atoms with Crippen molar-refractivity contribution in [2.24, 2.45) is 0 Å². The molecular formula is C12H29LiO3SSi. The molecule has 0 amide bonds. The van der Waals surface area contributed by atoms with Gasteiger partial charge in [-0.25, -0.2) is 0 Å². The largest absolute Gasteiger partial charge is 1.00 e. The van der Waals surface area contributed by atoms with E-state index in [-0.39, 0.29) is 33.4 Å². The molecule has 3 nitrogen and oxygen atoms in total. The summed E-state index contributed by atoms with van der Waals surface area (Å²) in [5, 5.41) is 0.639. The molecule has 1 N–H and O–H groups in total. The first kappa shape index (κ1) is 23.8. The minimum atomic E-state index is -3.72. The summed E-state index contributed by atoms with van der Waals surface area (Å²) in [5.41, 5.74) is 0. The molecule has 0 unspecified atom stereocenters. The van der Waals surface area contributed by atoms with Crippen LogP contribution in [-0.2, 0) is 10.1 Å². The van der Waals surface area contributed by atoms with Crippen LogP contribution in [0.15, 0.2) is 0 Å². The van der Waals surface area contributed by atoms with Gasteiger partial charge in [0, 0.05) is 8.80 Å². The Morgan fingerprint density at radius 3 is 1.72 bits per heavy atom. The zero-order valence-corrected chi connectivity index (χ0v) is 15.0. The van der Waals surface area contributed by atoms with Gasteiger partial charge in [-0.05, 0) is 11.5 Å². The third-order valence-corrected chi connectivity index (χ3v) is 7.15. The molecule has 0 saturated heterocycles. The third kappa shape index (κ3) is 22.0. The van der Waals surface area contributed by atoms with E-state index in [1.165, 1.54) is 0 Å². The van der Waals surface area contributed by atoms with Crippen LogP contribution in [0.5, 0.6) is 0 Å². The second-order valence-corrected chi connectivity index (χ2v) is 11.3. The first-order valence-electron chi connectivity index (χ1n) is 6.25. The molecule has 106 valence electrons. The molecule has 0 aliphatic rings. The van der Waals surface area contributed by atoms with Crippen LogP contribution in [0.25, 0.3) is 0 Å². The van der Waals surface area contributed by atoms with E-state index in [4.69, 9.17) is 4.55 Å². The van der Waals surface area contributed by atoms with E-state index in [2.05, 4.69) is 40.8 Å². The minimum Gasteiger partial charge on any atom is -0.343 e. The van der Waals surface area contributed by atoms with Gasteiger partial charge in [-0.15, -0.1) is 0 Å². The van der Waals surface area contributed by atoms with Crippen LogP contribution in [0.4, 0.5) is 0 Å². The standard InChI is InChI=1S/C6H13O3S.C6H16Si.Li/c1-2-3-4-5-6-10(7,8)9;1-6(2,3)7(4)5;/h1-6H2,(H,7,8,9);7H,1-5H3;/q-1;;+1. The third-order valence-electron chi connectivity index (χ3n) is 2.88. The number of rotatable bonds is 5. The van der Waals surface area contributed by atoms with E-state index in [9.17, 15) is 8.42 Å². The topological polar surface area (TPSA) is 54.4 Å². The van der Waals surface area contributed by atoms with E-state index in [1.807, 2.05) is 0 Å². The van der Waals surface area contributed by atoms with Crippen molar-refractivity contribution in [3.05, 3.63) is 6.92 Å². The van der Waals surface area contributed by atoms with Crippen molar-refractivity contribution in [3.63, 3.8) is 0 Å². The van der Waals surface area contributed by atoms with Crippen molar-refractivity contribution >= 4 is 18.9 Å². The molecule has 0 bridgehead atoms. The van der Waals surface area contributed by atoms with Crippen LogP contribution in [0.1, 0.15) is 46.5 Å². The van der Waals surface area contributed by atoms with Gasteiger partial charge in [-0.3, -0.25) is 4.55 Å². The second-order valence-electron chi connectivity index (χ2n) is 5.72. The van der Waals surface area contributed by atoms with Crippen molar-refractivity contribution in [2.45, 2.75) is 64.6 Å². The van der Waals surface area contributed by atoms with Gasteiger partial charge in [0.25, 0.3) is 10.1 Å². The Labute approximate surface area is 128 Å². The first-order chi connectivity index (χ1) is 7.50. The SMILES string of the molecule is C[SiH](C)C(C)(C)C.[CH2-]CCCCCS(=O)(=O)O.[Li+]. The molecule has 0 atom stereocenters. The van der Waals surface area contributed by atoms with Crippen molar-refractivity contribution in [2.75, 3.05) is 5.75 Å². The summed E-state index contributed by atoms with van der Waals surface area (Å²) in [4.78, 5) is 0. The summed E-state index contributed by atoms with van der Waals surface area (Å²) in [6.45, 7) is 15.4. The molecule has 0 aromatic heterocycles. The smallest absolute Gasteiger partial charge is 0.343 e. The first-order valence-corrected chi connectivity index (χ1v) is 10.7. The molecule has 0 heterocycles. The van der Waals surface area contributed by atoms with Gasteiger partial charge in [-0.1, -0.05) is 46.7 Å². The summed E-state index contributed by atoms with van der Waals surface area (Å²) in [5.74, 6) is -0.118. The number of hydrogen-bond acceptors (Lipinski definition) is 2. The van der Waals surface area contributed by atoms with Crippen molar-refractivity contribution in [1.82, 2.24) is 0 Å². The van der Waals surface area contributed by atoms with Crippen LogP contribution in [0.2, 0.25) is 18.1 Å². The van der Waals surface area contributed by atoms with Gasteiger partial charge in [0.15, 0.2) is 0 Å². The average molecular weight is 288 g/mol. The summed E-state index contributed by atoms with van der Waals surface area (Å²) in [6, 6.07) is 0. The Bertz CT molecular complexity index is 272. The van der Waals surface area contributed by atoms with Gasteiger partial charge >= 0.3 is 18.9 Å². The van der Waals surface area contributed by atoms with Crippen LogP contribution in [0, 0.1) is 6.92 Å². The molecule has 0 radical (unpaired) electrons. The Morgan fingerprint density at radius 1 is 1.11 bits per heavy atom. The predicted octanol–water partition coefficient (Wildman–Crippen LogP) is 0.546. The van der Waals surface area contributed by atoms with Crippen molar-refractivity contribution in [3.8, 4) is 0 Å². The van der Waals surface area contributed by atoms with Crippen LogP contribution >= 0.6 is 0 Å². The fourth-order valence-electron chi connectivity index (χ4n) is 0.638. The second kappa shape index (κ2) is 11.5. The Morgan fingerprint density at radius 2 is 1.50 bits per heavy atom. The maximum atomic E-state index is 10.1. The molecule has 0 spiro atoms. The maximum Gasteiger partial charge on any atom is 1.00 e. The molecule has 0 rings (SSSR count). The quantitative estimate of drug-likeness (QED) is 0.348. The Balaban J connectivity index is -0.000000251. The molecule has 0 aliphatic heterocycles. The van der Waals surface area contributed by atoms with Crippen LogP contribution in [-0.4, -0.2) is 27.5 Å². The molecule has 0 aromatic carbocycles. The zero-order valence-electron chi connectivity index (χ0n) is 13.0. The molecule has 0 fully saturated rings. The summed E-state index contributed by atoms with van der Waals surface area (Å²) < 4.78 is 28.5. The monoisotopic (exact) mass is 288 g/mol. The van der Waals surface area contributed by atoms with Crippen LogP contribution in [0.3, 0.4) is 0 Å². The summed E-state index contributed by atoms with van der Waals surface area (Å²) >= 11 is 0. The van der Waals surface area contributed by atoms with Gasteiger partial charge in [0.05, 0.1) is 5.75 Å². The van der Waals surface area contributed by atoms with E-state index in [0.717, 1.165) is 19.3 Å². The van der Waals surface area contributed by atoms with E-state index in [1.54, 1.807) is 0 Å². The van der Waals surface area contributed by atoms with E-state index < -0.39 is 10.1 Å². The molecule has 0 aromatic rings. The average Bonchev–Trinajstić information content (AvgIpc) is 2.10. The van der Waals surface area contributed by atoms with Gasteiger partial charge in [0.2, 0.25) is 0 Å².